The van der Waals surface area contributed by atoms with Crippen LogP contribution in [0.2, 0.25) is 0 Å². The second kappa shape index (κ2) is 4.30. The minimum Gasteiger partial charge on any atom is -0.481 e. The third-order valence-corrected chi connectivity index (χ3v) is 3.74. The van der Waals surface area contributed by atoms with Crippen molar-refractivity contribution in [2.75, 3.05) is 6.54 Å². The van der Waals surface area contributed by atoms with E-state index in [-0.39, 0.29) is 12.0 Å². The molecule has 1 saturated heterocycles. The molecule has 1 heterocycles. The van der Waals surface area contributed by atoms with E-state index in [4.69, 9.17) is 5.11 Å². The summed E-state index contributed by atoms with van der Waals surface area (Å²) in [5, 5.41) is 12.5. The van der Waals surface area contributed by atoms with E-state index in [1.54, 1.807) is 0 Å². The number of rotatable bonds is 2. The fourth-order valence-electron chi connectivity index (χ4n) is 2.99. The zero-order valence-corrected chi connectivity index (χ0v) is 8.54. The largest absolute Gasteiger partial charge is 0.481 e. The highest BCUT2D eigenvalue weighted by Crippen LogP contribution is 2.32. The van der Waals surface area contributed by atoms with Crippen LogP contribution in [0.25, 0.3) is 0 Å². The SMILES string of the molecule is O=C(O)C1CCNC1C1CCCCC1. The molecule has 0 radical (unpaired) electrons. The highest BCUT2D eigenvalue weighted by molar-refractivity contribution is 5.71. The Morgan fingerprint density at radius 3 is 2.50 bits per heavy atom. The van der Waals surface area contributed by atoms with Crippen LogP contribution in [0.3, 0.4) is 0 Å². The molecule has 0 bridgehead atoms. The number of hydrogen-bond acceptors (Lipinski definition) is 2. The minimum absolute atomic E-state index is 0.127. The lowest BCUT2D eigenvalue weighted by molar-refractivity contribution is -0.142. The Morgan fingerprint density at radius 2 is 1.86 bits per heavy atom. The van der Waals surface area contributed by atoms with E-state index in [0.29, 0.717) is 5.92 Å². The van der Waals surface area contributed by atoms with Crippen LogP contribution in [-0.4, -0.2) is 23.7 Å². The van der Waals surface area contributed by atoms with E-state index in [9.17, 15) is 4.79 Å². The fourth-order valence-corrected chi connectivity index (χ4v) is 2.99. The molecule has 80 valence electrons. The first kappa shape index (κ1) is 9.97. The number of nitrogens with one attached hydrogen (secondary N) is 1. The number of carboxylic acids is 1. The van der Waals surface area contributed by atoms with Gasteiger partial charge in [-0.25, -0.2) is 0 Å². The molecular weight excluding hydrogens is 178 g/mol. The van der Waals surface area contributed by atoms with Gasteiger partial charge in [-0.3, -0.25) is 4.79 Å². The predicted molar refractivity (Wildman–Crippen MR) is 54.1 cm³/mol. The van der Waals surface area contributed by atoms with Gasteiger partial charge in [0.25, 0.3) is 0 Å². The maximum atomic E-state index is 11.0. The molecule has 1 aliphatic heterocycles. The Labute approximate surface area is 84.9 Å². The van der Waals surface area contributed by atoms with Crippen molar-refractivity contribution < 1.29 is 9.90 Å². The predicted octanol–water partition coefficient (Wildman–Crippen LogP) is 1.63. The van der Waals surface area contributed by atoms with Crippen LogP contribution in [0.15, 0.2) is 0 Å². The molecular formula is C11H19NO2. The Bertz CT molecular complexity index is 211. The molecule has 0 aromatic heterocycles. The molecule has 0 aromatic rings. The van der Waals surface area contributed by atoms with E-state index in [0.717, 1.165) is 13.0 Å². The highest BCUT2D eigenvalue weighted by Gasteiger charge is 2.37. The third-order valence-electron chi connectivity index (χ3n) is 3.74. The van der Waals surface area contributed by atoms with Crippen molar-refractivity contribution >= 4 is 5.97 Å². The Hall–Kier alpha value is -0.570. The van der Waals surface area contributed by atoms with Gasteiger partial charge in [-0.05, 0) is 31.7 Å². The van der Waals surface area contributed by atoms with E-state index in [1.807, 2.05) is 0 Å². The summed E-state index contributed by atoms with van der Waals surface area (Å²) in [5.74, 6) is -0.115. The van der Waals surface area contributed by atoms with Crippen LogP contribution in [0.1, 0.15) is 38.5 Å². The maximum Gasteiger partial charge on any atom is 0.308 e. The summed E-state index contributed by atoms with van der Waals surface area (Å²) in [6.07, 6.45) is 7.17. The summed E-state index contributed by atoms with van der Waals surface area (Å²) in [7, 11) is 0. The lowest BCUT2D eigenvalue weighted by Gasteiger charge is -2.29. The highest BCUT2D eigenvalue weighted by atomic mass is 16.4. The number of carbonyl (C=O) groups is 1. The number of aliphatic carboxylic acids is 1. The fraction of sp³-hybridized carbons (Fsp3) is 0.909. The second-order valence-electron chi connectivity index (χ2n) is 4.61. The molecule has 3 nitrogen and oxygen atoms in total. The average Bonchev–Trinajstić information content (AvgIpc) is 2.67. The summed E-state index contributed by atoms with van der Waals surface area (Å²) in [5.41, 5.74) is 0. The van der Waals surface area contributed by atoms with Crippen LogP contribution in [0.5, 0.6) is 0 Å². The van der Waals surface area contributed by atoms with Crippen LogP contribution < -0.4 is 5.32 Å². The van der Waals surface area contributed by atoms with Gasteiger partial charge >= 0.3 is 5.97 Å². The van der Waals surface area contributed by atoms with Gasteiger partial charge in [0.15, 0.2) is 0 Å². The van der Waals surface area contributed by atoms with Crippen molar-refractivity contribution in [3.05, 3.63) is 0 Å². The van der Waals surface area contributed by atoms with Crippen molar-refractivity contribution in [3.63, 3.8) is 0 Å². The van der Waals surface area contributed by atoms with Gasteiger partial charge in [0.2, 0.25) is 0 Å². The van der Waals surface area contributed by atoms with Crippen LogP contribution in [-0.2, 0) is 4.79 Å². The molecule has 0 aromatic carbocycles. The van der Waals surface area contributed by atoms with Gasteiger partial charge in [-0.2, -0.15) is 0 Å². The summed E-state index contributed by atoms with van der Waals surface area (Å²) in [6.45, 7) is 0.887. The smallest absolute Gasteiger partial charge is 0.308 e. The molecule has 2 fully saturated rings. The van der Waals surface area contributed by atoms with Crippen molar-refractivity contribution in [1.82, 2.24) is 5.32 Å². The molecule has 2 atom stereocenters. The van der Waals surface area contributed by atoms with E-state index in [1.165, 1.54) is 32.1 Å². The van der Waals surface area contributed by atoms with Crippen molar-refractivity contribution in [1.29, 1.82) is 0 Å². The quantitative estimate of drug-likeness (QED) is 0.707. The summed E-state index contributed by atoms with van der Waals surface area (Å²) in [4.78, 5) is 11.0. The van der Waals surface area contributed by atoms with E-state index in [2.05, 4.69) is 5.32 Å². The van der Waals surface area contributed by atoms with Crippen molar-refractivity contribution in [3.8, 4) is 0 Å². The molecule has 14 heavy (non-hydrogen) atoms. The molecule has 2 unspecified atom stereocenters. The molecule has 2 N–H and O–H groups in total. The first-order valence-corrected chi connectivity index (χ1v) is 5.75. The van der Waals surface area contributed by atoms with Crippen LogP contribution >= 0.6 is 0 Å². The van der Waals surface area contributed by atoms with Crippen LogP contribution in [0.4, 0.5) is 0 Å². The zero-order chi connectivity index (χ0) is 9.97. The van der Waals surface area contributed by atoms with Gasteiger partial charge in [-0.1, -0.05) is 19.3 Å². The van der Waals surface area contributed by atoms with Gasteiger partial charge in [-0.15, -0.1) is 0 Å². The third kappa shape index (κ3) is 1.92. The average molecular weight is 197 g/mol. The number of hydrogen-bond donors (Lipinski definition) is 2. The van der Waals surface area contributed by atoms with Gasteiger partial charge in [0.1, 0.15) is 0 Å². The summed E-state index contributed by atoms with van der Waals surface area (Å²) in [6, 6.07) is 0.257. The van der Waals surface area contributed by atoms with Crippen molar-refractivity contribution in [2.24, 2.45) is 11.8 Å². The maximum absolute atomic E-state index is 11.0. The molecule has 2 rings (SSSR count). The van der Waals surface area contributed by atoms with Gasteiger partial charge < -0.3 is 10.4 Å². The van der Waals surface area contributed by atoms with Crippen molar-refractivity contribution in [2.45, 2.75) is 44.6 Å². The topological polar surface area (TPSA) is 49.3 Å². The van der Waals surface area contributed by atoms with E-state index < -0.39 is 5.97 Å². The van der Waals surface area contributed by atoms with E-state index >= 15 is 0 Å². The molecule has 1 saturated carbocycles. The monoisotopic (exact) mass is 197 g/mol. The summed E-state index contributed by atoms with van der Waals surface area (Å²) >= 11 is 0. The molecule has 0 spiro atoms. The standard InChI is InChI=1S/C11H19NO2/c13-11(14)9-6-7-12-10(9)8-4-2-1-3-5-8/h8-10,12H,1-7H2,(H,13,14). The van der Waals surface area contributed by atoms with Gasteiger partial charge in [0.05, 0.1) is 5.92 Å². The second-order valence-corrected chi connectivity index (χ2v) is 4.61. The van der Waals surface area contributed by atoms with Gasteiger partial charge in [0, 0.05) is 6.04 Å². The zero-order valence-electron chi connectivity index (χ0n) is 8.54. The molecule has 3 heteroatoms. The summed E-state index contributed by atoms with van der Waals surface area (Å²) < 4.78 is 0. The molecule has 0 amide bonds. The normalized spacial score (nSPS) is 34.6. The van der Waals surface area contributed by atoms with Crippen LogP contribution in [0, 0.1) is 11.8 Å². The Balaban J connectivity index is 1.97. The Kier molecular flexibility index (Phi) is 3.06. The molecule has 1 aliphatic carbocycles. The first-order chi connectivity index (χ1) is 6.79. The lowest BCUT2D eigenvalue weighted by atomic mass is 9.79. The minimum atomic E-state index is -0.606. The lowest BCUT2D eigenvalue weighted by Crippen LogP contribution is -2.39. The molecule has 2 aliphatic rings. The first-order valence-electron chi connectivity index (χ1n) is 5.75. The number of carboxylic acid groups (broad SMARTS) is 1. The Morgan fingerprint density at radius 1 is 1.14 bits per heavy atom.